The first-order valence-electron chi connectivity index (χ1n) is 4.24. The first-order chi connectivity index (χ1) is 5.40. The number of methoxy groups -OCH3 is 1. The summed E-state index contributed by atoms with van der Waals surface area (Å²) in [5.74, 6) is 0. The van der Waals surface area contributed by atoms with Crippen LogP contribution in [0, 0.1) is 0 Å². The molecule has 2 atom stereocenters. The third kappa shape index (κ3) is 1.41. The average molecular weight is 157 g/mol. The Bertz CT molecular complexity index is 140. The van der Waals surface area contributed by atoms with Crippen LogP contribution in [0.5, 0.6) is 0 Å². The maximum absolute atomic E-state index is 5.48. The summed E-state index contributed by atoms with van der Waals surface area (Å²) in [4.78, 5) is 2.47. The smallest absolute Gasteiger partial charge is 0.0718 e. The maximum Gasteiger partial charge on any atom is 0.0718 e. The highest BCUT2D eigenvalue weighted by Crippen LogP contribution is 2.26. The Morgan fingerprint density at radius 2 is 2.55 bits per heavy atom. The van der Waals surface area contributed by atoms with Crippen molar-refractivity contribution in [1.29, 1.82) is 0 Å². The molecule has 0 aromatic rings. The summed E-state index contributed by atoms with van der Waals surface area (Å²) in [5.41, 5.74) is 0. The molecule has 2 rings (SSSR count). The standard InChI is InChI=1S/C8H15NO2/c1-10-3-2-9-5-8-4-7(9)6-11-8/h7-8H,2-6H2,1H3/t7-,8?/m0/s1. The lowest BCUT2D eigenvalue weighted by molar-refractivity contribution is 0.0206. The first-order valence-corrected chi connectivity index (χ1v) is 4.24. The number of hydrogen-bond acceptors (Lipinski definition) is 3. The van der Waals surface area contributed by atoms with Crippen molar-refractivity contribution >= 4 is 0 Å². The van der Waals surface area contributed by atoms with Crippen LogP contribution in [-0.4, -0.2) is 50.5 Å². The van der Waals surface area contributed by atoms with Crippen LogP contribution >= 0.6 is 0 Å². The summed E-state index contributed by atoms with van der Waals surface area (Å²) in [7, 11) is 1.75. The second-order valence-electron chi connectivity index (χ2n) is 3.33. The highest BCUT2D eigenvalue weighted by atomic mass is 16.5. The van der Waals surface area contributed by atoms with E-state index in [-0.39, 0.29) is 0 Å². The van der Waals surface area contributed by atoms with E-state index < -0.39 is 0 Å². The number of ether oxygens (including phenoxy) is 2. The molecule has 11 heavy (non-hydrogen) atoms. The predicted molar refractivity (Wildman–Crippen MR) is 41.6 cm³/mol. The van der Waals surface area contributed by atoms with E-state index in [1.807, 2.05) is 0 Å². The molecule has 2 heterocycles. The van der Waals surface area contributed by atoms with Gasteiger partial charge in [-0.25, -0.2) is 0 Å². The van der Waals surface area contributed by atoms with Gasteiger partial charge in [0, 0.05) is 26.2 Å². The second kappa shape index (κ2) is 3.09. The van der Waals surface area contributed by atoms with Gasteiger partial charge < -0.3 is 9.47 Å². The van der Waals surface area contributed by atoms with Crippen LogP contribution in [0.25, 0.3) is 0 Å². The van der Waals surface area contributed by atoms with Crippen molar-refractivity contribution in [2.45, 2.75) is 18.6 Å². The highest BCUT2D eigenvalue weighted by Gasteiger charge is 2.38. The average Bonchev–Trinajstić information content (AvgIpc) is 2.60. The molecule has 3 nitrogen and oxygen atoms in total. The Kier molecular flexibility index (Phi) is 2.11. The van der Waals surface area contributed by atoms with Crippen LogP contribution in [0.1, 0.15) is 6.42 Å². The second-order valence-corrected chi connectivity index (χ2v) is 3.33. The van der Waals surface area contributed by atoms with Gasteiger partial charge in [0.1, 0.15) is 0 Å². The molecule has 0 amide bonds. The van der Waals surface area contributed by atoms with Gasteiger partial charge in [0.15, 0.2) is 0 Å². The first kappa shape index (κ1) is 7.53. The largest absolute Gasteiger partial charge is 0.383 e. The van der Waals surface area contributed by atoms with Crippen molar-refractivity contribution in [2.75, 3.05) is 33.4 Å². The quantitative estimate of drug-likeness (QED) is 0.580. The molecular weight excluding hydrogens is 142 g/mol. The number of nitrogens with zero attached hydrogens (tertiary/aromatic N) is 1. The van der Waals surface area contributed by atoms with Crippen LogP contribution in [0.2, 0.25) is 0 Å². The molecule has 0 saturated carbocycles. The zero-order valence-corrected chi connectivity index (χ0v) is 6.95. The van der Waals surface area contributed by atoms with E-state index in [1.165, 1.54) is 6.42 Å². The summed E-state index contributed by atoms with van der Waals surface area (Å²) in [6, 6.07) is 0.690. The fraction of sp³-hybridized carbons (Fsp3) is 1.00. The van der Waals surface area contributed by atoms with E-state index in [9.17, 15) is 0 Å². The monoisotopic (exact) mass is 157 g/mol. The molecule has 2 aliphatic rings. The van der Waals surface area contributed by atoms with E-state index in [0.717, 1.165) is 26.3 Å². The van der Waals surface area contributed by atoms with Crippen LogP contribution in [0.4, 0.5) is 0 Å². The number of fused-ring (bicyclic) bond motifs is 2. The minimum absolute atomic E-state index is 0.525. The van der Waals surface area contributed by atoms with Crippen LogP contribution in [-0.2, 0) is 9.47 Å². The van der Waals surface area contributed by atoms with Gasteiger partial charge in [-0.1, -0.05) is 0 Å². The van der Waals surface area contributed by atoms with Gasteiger partial charge in [-0.05, 0) is 6.42 Å². The minimum Gasteiger partial charge on any atom is -0.383 e. The topological polar surface area (TPSA) is 21.7 Å². The molecule has 0 spiro atoms. The SMILES string of the molecule is COCCN1CC2C[C@H]1CO2. The third-order valence-electron chi connectivity index (χ3n) is 2.60. The number of rotatable bonds is 3. The van der Waals surface area contributed by atoms with Crippen molar-refractivity contribution in [3.63, 3.8) is 0 Å². The lowest BCUT2D eigenvalue weighted by Crippen LogP contribution is -2.38. The Hall–Kier alpha value is -0.120. The van der Waals surface area contributed by atoms with Gasteiger partial charge in [0.25, 0.3) is 0 Å². The number of morpholine rings is 1. The molecule has 2 aliphatic heterocycles. The molecule has 64 valence electrons. The Labute approximate surface area is 67.3 Å². The molecule has 3 heteroatoms. The van der Waals surface area contributed by atoms with Gasteiger partial charge in [0.2, 0.25) is 0 Å². The number of likely N-dealkylation sites (tertiary alicyclic amines) is 1. The summed E-state index contributed by atoms with van der Waals surface area (Å²) in [6.07, 6.45) is 1.76. The van der Waals surface area contributed by atoms with Gasteiger partial charge >= 0.3 is 0 Å². The van der Waals surface area contributed by atoms with Crippen molar-refractivity contribution in [1.82, 2.24) is 4.90 Å². The summed E-state index contributed by atoms with van der Waals surface area (Å²) >= 11 is 0. The van der Waals surface area contributed by atoms with Crippen molar-refractivity contribution in [3.8, 4) is 0 Å². The van der Waals surface area contributed by atoms with Crippen molar-refractivity contribution in [3.05, 3.63) is 0 Å². The lowest BCUT2D eigenvalue weighted by atomic mass is 10.2. The van der Waals surface area contributed by atoms with Crippen LogP contribution in [0.3, 0.4) is 0 Å². The summed E-state index contributed by atoms with van der Waals surface area (Å²) < 4.78 is 10.5. The maximum atomic E-state index is 5.48. The highest BCUT2D eigenvalue weighted by molar-refractivity contribution is 4.91. The van der Waals surface area contributed by atoms with Gasteiger partial charge in [-0.2, -0.15) is 0 Å². The molecular formula is C8H15NO2. The molecule has 0 aromatic heterocycles. The predicted octanol–water partition coefficient (Wildman–Crippen LogP) is 0.106. The summed E-state index contributed by atoms with van der Waals surface area (Å²) in [5, 5.41) is 0. The normalized spacial score (nSPS) is 36.8. The third-order valence-corrected chi connectivity index (χ3v) is 2.60. The van der Waals surface area contributed by atoms with E-state index in [2.05, 4.69) is 4.90 Å². The van der Waals surface area contributed by atoms with Crippen LogP contribution in [0.15, 0.2) is 0 Å². The van der Waals surface area contributed by atoms with Crippen LogP contribution < -0.4 is 0 Å². The molecule has 2 bridgehead atoms. The zero-order chi connectivity index (χ0) is 7.68. The molecule has 2 saturated heterocycles. The molecule has 1 unspecified atom stereocenters. The van der Waals surface area contributed by atoms with E-state index in [1.54, 1.807) is 7.11 Å². The molecule has 0 aliphatic carbocycles. The fourth-order valence-electron chi connectivity index (χ4n) is 1.96. The number of hydrogen-bond donors (Lipinski definition) is 0. The van der Waals surface area contributed by atoms with Gasteiger partial charge in [0.05, 0.1) is 19.3 Å². The lowest BCUT2D eigenvalue weighted by Gasteiger charge is -2.25. The zero-order valence-electron chi connectivity index (χ0n) is 6.95. The Morgan fingerprint density at radius 1 is 1.64 bits per heavy atom. The minimum atomic E-state index is 0.525. The Morgan fingerprint density at radius 3 is 3.09 bits per heavy atom. The fourth-order valence-corrected chi connectivity index (χ4v) is 1.96. The molecule has 0 N–H and O–H groups in total. The molecule has 2 fully saturated rings. The summed E-state index contributed by atoms with van der Waals surface area (Å²) in [6.45, 7) is 3.98. The van der Waals surface area contributed by atoms with Crippen molar-refractivity contribution in [2.24, 2.45) is 0 Å². The van der Waals surface area contributed by atoms with Gasteiger partial charge in [-0.15, -0.1) is 0 Å². The van der Waals surface area contributed by atoms with E-state index in [0.29, 0.717) is 12.1 Å². The molecule has 0 radical (unpaired) electrons. The Balaban J connectivity index is 1.78. The van der Waals surface area contributed by atoms with Crippen molar-refractivity contribution < 1.29 is 9.47 Å². The van der Waals surface area contributed by atoms with E-state index in [4.69, 9.17) is 9.47 Å². The van der Waals surface area contributed by atoms with Gasteiger partial charge in [-0.3, -0.25) is 4.90 Å². The molecule has 0 aromatic carbocycles. The van der Waals surface area contributed by atoms with E-state index >= 15 is 0 Å².